The second kappa shape index (κ2) is 6.23. The highest BCUT2D eigenvalue weighted by atomic mass is 16.2. The molecule has 4 nitrogen and oxygen atoms in total. The third kappa shape index (κ3) is 5.91. The Morgan fingerprint density at radius 2 is 2.00 bits per heavy atom. The molecule has 0 bridgehead atoms. The van der Waals surface area contributed by atoms with Gasteiger partial charge in [-0.05, 0) is 58.9 Å². The molecule has 4 heteroatoms. The Kier molecular flexibility index (Phi) is 4.85. The molecule has 0 radical (unpaired) electrons. The van der Waals surface area contributed by atoms with Crippen molar-refractivity contribution >= 4 is 5.91 Å². The van der Waals surface area contributed by atoms with E-state index in [4.69, 9.17) is 0 Å². The molecule has 2 fully saturated rings. The van der Waals surface area contributed by atoms with Gasteiger partial charge in [0.05, 0.1) is 6.54 Å². The first-order valence-corrected chi connectivity index (χ1v) is 7.69. The van der Waals surface area contributed by atoms with E-state index in [0.717, 1.165) is 25.6 Å². The van der Waals surface area contributed by atoms with Gasteiger partial charge >= 0.3 is 0 Å². The molecule has 0 aromatic carbocycles. The number of nitrogens with zero attached hydrogens (tertiary/aromatic N) is 1. The lowest BCUT2D eigenvalue weighted by atomic mass is 10.1. The molecule has 0 spiro atoms. The Morgan fingerprint density at radius 3 is 2.53 bits per heavy atom. The van der Waals surface area contributed by atoms with Crippen molar-refractivity contribution < 1.29 is 4.79 Å². The van der Waals surface area contributed by atoms with Gasteiger partial charge in [-0.2, -0.15) is 0 Å². The number of hydrogen-bond donors (Lipinski definition) is 2. The average molecular weight is 267 g/mol. The van der Waals surface area contributed by atoms with Gasteiger partial charge in [0, 0.05) is 24.7 Å². The molecule has 0 aromatic heterocycles. The van der Waals surface area contributed by atoms with Crippen molar-refractivity contribution in [2.24, 2.45) is 5.92 Å². The van der Waals surface area contributed by atoms with E-state index in [1.165, 1.54) is 25.7 Å². The Labute approximate surface area is 117 Å². The van der Waals surface area contributed by atoms with Crippen molar-refractivity contribution in [3.8, 4) is 0 Å². The van der Waals surface area contributed by atoms with Gasteiger partial charge in [0.15, 0.2) is 0 Å². The molecule has 1 heterocycles. The van der Waals surface area contributed by atoms with E-state index < -0.39 is 0 Å². The molecular weight excluding hydrogens is 238 g/mol. The zero-order valence-electron chi connectivity index (χ0n) is 12.7. The van der Waals surface area contributed by atoms with Crippen molar-refractivity contribution in [3.05, 3.63) is 0 Å². The normalized spacial score (nSPS) is 23.9. The summed E-state index contributed by atoms with van der Waals surface area (Å²) in [5.74, 6) is 0.995. The van der Waals surface area contributed by atoms with Crippen LogP contribution >= 0.6 is 0 Å². The van der Waals surface area contributed by atoms with Crippen molar-refractivity contribution in [3.63, 3.8) is 0 Å². The highest BCUT2D eigenvalue weighted by molar-refractivity contribution is 5.78. The Hall–Kier alpha value is -0.610. The van der Waals surface area contributed by atoms with E-state index in [9.17, 15) is 4.79 Å². The molecule has 2 N–H and O–H groups in total. The summed E-state index contributed by atoms with van der Waals surface area (Å²) in [6, 6.07) is 0.584. The first-order valence-electron chi connectivity index (χ1n) is 7.69. The van der Waals surface area contributed by atoms with Crippen LogP contribution in [0.15, 0.2) is 0 Å². The molecule has 2 aliphatic rings. The predicted octanol–water partition coefficient (Wildman–Crippen LogP) is 1.37. The second-order valence-electron chi connectivity index (χ2n) is 7.23. The summed E-state index contributed by atoms with van der Waals surface area (Å²) < 4.78 is 0. The summed E-state index contributed by atoms with van der Waals surface area (Å²) in [6.07, 6.45) is 5.21. The molecule has 110 valence electrons. The number of nitrogens with one attached hydrogen (secondary N) is 2. The number of carbonyl (C=O) groups is 1. The molecule has 1 saturated heterocycles. The van der Waals surface area contributed by atoms with Crippen LogP contribution < -0.4 is 10.6 Å². The molecule has 1 amide bonds. The quantitative estimate of drug-likeness (QED) is 0.764. The van der Waals surface area contributed by atoms with E-state index in [2.05, 4.69) is 15.5 Å². The predicted molar refractivity (Wildman–Crippen MR) is 78.1 cm³/mol. The maximum absolute atomic E-state index is 12.1. The van der Waals surface area contributed by atoms with Crippen molar-refractivity contribution in [1.29, 1.82) is 0 Å². The summed E-state index contributed by atoms with van der Waals surface area (Å²) >= 11 is 0. The van der Waals surface area contributed by atoms with Crippen molar-refractivity contribution in [2.45, 2.75) is 58.0 Å². The second-order valence-corrected chi connectivity index (χ2v) is 7.23. The minimum Gasteiger partial charge on any atom is -0.350 e. The summed E-state index contributed by atoms with van der Waals surface area (Å²) in [5, 5.41) is 6.60. The highest BCUT2D eigenvalue weighted by Gasteiger charge is 2.28. The van der Waals surface area contributed by atoms with Crippen LogP contribution in [0.25, 0.3) is 0 Å². The van der Waals surface area contributed by atoms with Crippen LogP contribution in [0, 0.1) is 5.92 Å². The van der Waals surface area contributed by atoms with Gasteiger partial charge in [0.1, 0.15) is 0 Å². The zero-order chi connectivity index (χ0) is 13.9. The van der Waals surface area contributed by atoms with Crippen LogP contribution in [0.4, 0.5) is 0 Å². The van der Waals surface area contributed by atoms with E-state index in [0.29, 0.717) is 12.6 Å². The molecule has 1 aliphatic heterocycles. The lowest BCUT2D eigenvalue weighted by molar-refractivity contribution is -0.123. The standard InChI is InChI=1S/C15H29N3O/c1-15(2,3)17-14(19)11-18(9-12-6-7-12)10-13-5-4-8-16-13/h12-13,16H,4-11H2,1-3H3,(H,17,19). The molecule has 19 heavy (non-hydrogen) atoms. The average Bonchev–Trinajstić information content (AvgIpc) is 2.90. The first-order chi connectivity index (χ1) is 8.92. The van der Waals surface area contributed by atoms with Gasteiger partial charge < -0.3 is 10.6 Å². The summed E-state index contributed by atoms with van der Waals surface area (Å²) in [4.78, 5) is 14.4. The van der Waals surface area contributed by atoms with Crippen LogP contribution in [0.5, 0.6) is 0 Å². The molecule has 1 atom stereocenters. The van der Waals surface area contributed by atoms with Crippen molar-refractivity contribution in [2.75, 3.05) is 26.2 Å². The molecule has 1 aliphatic carbocycles. The van der Waals surface area contributed by atoms with Gasteiger partial charge in [-0.1, -0.05) is 0 Å². The lowest BCUT2D eigenvalue weighted by Crippen LogP contribution is -2.48. The van der Waals surface area contributed by atoms with Gasteiger partial charge in [0.25, 0.3) is 0 Å². The lowest BCUT2D eigenvalue weighted by Gasteiger charge is -2.27. The largest absolute Gasteiger partial charge is 0.350 e. The van der Waals surface area contributed by atoms with Crippen LogP contribution in [-0.4, -0.2) is 48.6 Å². The van der Waals surface area contributed by atoms with Gasteiger partial charge in [0.2, 0.25) is 5.91 Å². The number of hydrogen-bond acceptors (Lipinski definition) is 3. The summed E-state index contributed by atoms with van der Waals surface area (Å²) in [7, 11) is 0. The number of carbonyl (C=O) groups excluding carboxylic acids is 1. The smallest absolute Gasteiger partial charge is 0.234 e. The van der Waals surface area contributed by atoms with E-state index in [1.54, 1.807) is 0 Å². The van der Waals surface area contributed by atoms with E-state index in [-0.39, 0.29) is 11.4 Å². The van der Waals surface area contributed by atoms with E-state index >= 15 is 0 Å². The molecule has 2 rings (SSSR count). The number of amides is 1. The Balaban J connectivity index is 1.80. The summed E-state index contributed by atoms with van der Waals surface area (Å²) in [5.41, 5.74) is -0.131. The minimum atomic E-state index is -0.131. The van der Waals surface area contributed by atoms with Gasteiger partial charge in [-0.3, -0.25) is 9.69 Å². The number of rotatable bonds is 6. The molecule has 1 saturated carbocycles. The topological polar surface area (TPSA) is 44.4 Å². The maximum Gasteiger partial charge on any atom is 0.234 e. The zero-order valence-corrected chi connectivity index (χ0v) is 12.7. The third-order valence-corrected chi connectivity index (χ3v) is 3.74. The third-order valence-electron chi connectivity index (χ3n) is 3.74. The monoisotopic (exact) mass is 267 g/mol. The van der Waals surface area contributed by atoms with Crippen LogP contribution in [0.3, 0.4) is 0 Å². The van der Waals surface area contributed by atoms with E-state index in [1.807, 2.05) is 20.8 Å². The van der Waals surface area contributed by atoms with Crippen LogP contribution in [0.1, 0.15) is 46.5 Å². The molecule has 1 unspecified atom stereocenters. The van der Waals surface area contributed by atoms with Crippen molar-refractivity contribution in [1.82, 2.24) is 15.5 Å². The van der Waals surface area contributed by atoms with Gasteiger partial charge in [-0.15, -0.1) is 0 Å². The Morgan fingerprint density at radius 1 is 1.26 bits per heavy atom. The highest BCUT2D eigenvalue weighted by Crippen LogP contribution is 2.29. The Bertz CT molecular complexity index is 301. The SMILES string of the molecule is CC(C)(C)NC(=O)CN(CC1CC1)CC1CCCN1. The summed E-state index contributed by atoms with van der Waals surface area (Å²) in [6.45, 7) is 9.91. The molecular formula is C15H29N3O. The van der Waals surface area contributed by atoms with Crippen LogP contribution in [-0.2, 0) is 4.79 Å². The fourth-order valence-corrected chi connectivity index (χ4v) is 2.75. The fourth-order valence-electron chi connectivity index (χ4n) is 2.75. The van der Waals surface area contributed by atoms with Gasteiger partial charge in [-0.25, -0.2) is 0 Å². The van der Waals surface area contributed by atoms with Crippen LogP contribution in [0.2, 0.25) is 0 Å². The minimum absolute atomic E-state index is 0.131. The first kappa shape index (κ1) is 14.8. The fraction of sp³-hybridized carbons (Fsp3) is 0.933. The molecule has 0 aromatic rings. The maximum atomic E-state index is 12.1.